The van der Waals surface area contributed by atoms with Crippen LogP contribution in [0.5, 0.6) is 0 Å². The number of rotatable bonds is 8. The van der Waals surface area contributed by atoms with E-state index in [1.807, 2.05) is 6.92 Å². The molecule has 19 heavy (non-hydrogen) atoms. The van der Waals surface area contributed by atoms with Gasteiger partial charge >= 0.3 is 0 Å². The number of hydrogen-bond acceptors (Lipinski definition) is 3. The summed E-state index contributed by atoms with van der Waals surface area (Å²) in [5.41, 5.74) is 2.79. The van der Waals surface area contributed by atoms with Crippen molar-refractivity contribution in [2.24, 2.45) is 0 Å². The molecule has 0 aliphatic carbocycles. The monoisotopic (exact) mass is 264 g/mol. The van der Waals surface area contributed by atoms with Crippen molar-refractivity contribution in [1.82, 2.24) is 10.6 Å². The molecule has 0 heterocycles. The maximum atomic E-state index is 5.49. The van der Waals surface area contributed by atoms with Gasteiger partial charge in [0.15, 0.2) is 0 Å². The maximum Gasteiger partial charge on any atom is 0.0719 e. The molecule has 3 nitrogen and oxygen atoms in total. The normalized spacial score (nSPS) is 11.8. The van der Waals surface area contributed by atoms with Crippen LogP contribution in [0.4, 0.5) is 0 Å². The molecule has 0 atom stereocenters. The van der Waals surface area contributed by atoms with Gasteiger partial charge in [-0.15, -0.1) is 0 Å². The topological polar surface area (TPSA) is 33.3 Å². The molecule has 1 aromatic rings. The Balaban J connectivity index is 2.32. The molecular weight excluding hydrogens is 236 g/mol. The van der Waals surface area contributed by atoms with E-state index in [4.69, 9.17) is 4.74 Å². The lowest BCUT2D eigenvalue weighted by Crippen LogP contribution is -2.40. The zero-order valence-electron chi connectivity index (χ0n) is 12.8. The Morgan fingerprint density at radius 1 is 1.05 bits per heavy atom. The van der Waals surface area contributed by atoms with Crippen LogP contribution in [0, 0.1) is 0 Å². The van der Waals surface area contributed by atoms with E-state index in [2.05, 4.69) is 55.7 Å². The predicted octanol–water partition coefficient (Wildman–Crippen LogP) is 2.70. The zero-order chi connectivity index (χ0) is 14.1. The minimum atomic E-state index is 0.189. The van der Waals surface area contributed by atoms with Crippen LogP contribution in [0.1, 0.15) is 38.8 Å². The van der Waals surface area contributed by atoms with Crippen LogP contribution in [-0.4, -0.2) is 25.2 Å². The average Bonchev–Trinajstić information content (AvgIpc) is 2.36. The van der Waals surface area contributed by atoms with Crippen molar-refractivity contribution < 1.29 is 4.74 Å². The van der Waals surface area contributed by atoms with Crippen molar-refractivity contribution in [3.63, 3.8) is 0 Å². The van der Waals surface area contributed by atoms with E-state index in [0.717, 1.165) is 26.2 Å². The van der Waals surface area contributed by atoms with Gasteiger partial charge < -0.3 is 15.4 Å². The third-order valence-corrected chi connectivity index (χ3v) is 2.85. The van der Waals surface area contributed by atoms with Crippen molar-refractivity contribution in [1.29, 1.82) is 0 Å². The number of ether oxygens (including phenoxy) is 1. The van der Waals surface area contributed by atoms with E-state index in [9.17, 15) is 0 Å². The summed E-state index contributed by atoms with van der Waals surface area (Å²) in [6.45, 7) is 12.9. The van der Waals surface area contributed by atoms with Crippen LogP contribution in [0.2, 0.25) is 0 Å². The second kappa shape index (κ2) is 8.31. The third-order valence-electron chi connectivity index (χ3n) is 2.85. The number of benzene rings is 1. The number of nitrogens with one attached hydrogen (secondary N) is 2. The van der Waals surface area contributed by atoms with Crippen LogP contribution < -0.4 is 10.6 Å². The Bertz CT molecular complexity index is 358. The Morgan fingerprint density at radius 3 is 2.37 bits per heavy atom. The first-order valence-corrected chi connectivity index (χ1v) is 7.13. The highest BCUT2D eigenvalue weighted by Crippen LogP contribution is 2.09. The van der Waals surface area contributed by atoms with E-state index in [-0.39, 0.29) is 5.54 Å². The molecule has 1 rings (SSSR count). The Morgan fingerprint density at radius 2 is 1.74 bits per heavy atom. The molecule has 0 fully saturated rings. The molecule has 0 aliphatic rings. The number of hydrogen-bond donors (Lipinski definition) is 2. The molecular formula is C16H28N2O. The second-order valence-corrected chi connectivity index (χ2v) is 5.76. The van der Waals surface area contributed by atoms with E-state index in [1.165, 1.54) is 11.1 Å². The van der Waals surface area contributed by atoms with Gasteiger partial charge in [-0.25, -0.2) is 0 Å². The predicted molar refractivity (Wildman–Crippen MR) is 81.2 cm³/mol. The fraction of sp³-hybridized carbons (Fsp3) is 0.625. The van der Waals surface area contributed by atoms with Crippen molar-refractivity contribution in [3.05, 3.63) is 35.4 Å². The smallest absolute Gasteiger partial charge is 0.0719 e. The van der Waals surface area contributed by atoms with Gasteiger partial charge in [-0.05, 0) is 38.8 Å². The Labute approximate surface area is 117 Å². The van der Waals surface area contributed by atoms with E-state index in [1.54, 1.807) is 0 Å². The fourth-order valence-electron chi connectivity index (χ4n) is 1.83. The molecule has 108 valence electrons. The summed E-state index contributed by atoms with van der Waals surface area (Å²) in [7, 11) is 0. The quantitative estimate of drug-likeness (QED) is 0.708. The summed E-state index contributed by atoms with van der Waals surface area (Å²) in [6.07, 6.45) is 0. The second-order valence-electron chi connectivity index (χ2n) is 5.76. The highest BCUT2D eigenvalue weighted by Gasteiger charge is 2.07. The zero-order valence-corrected chi connectivity index (χ0v) is 12.8. The van der Waals surface area contributed by atoms with E-state index >= 15 is 0 Å². The highest BCUT2D eigenvalue weighted by molar-refractivity contribution is 5.26. The van der Waals surface area contributed by atoms with Gasteiger partial charge in [0.2, 0.25) is 0 Å². The summed E-state index contributed by atoms with van der Waals surface area (Å²) < 4.78 is 5.49. The molecule has 0 saturated carbocycles. The van der Waals surface area contributed by atoms with Crippen LogP contribution in [0.3, 0.4) is 0 Å². The van der Waals surface area contributed by atoms with Gasteiger partial charge in [0.25, 0.3) is 0 Å². The fourth-order valence-corrected chi connectivity index (χ4v) is 1.83. The van der Waals surface area contributed by atoms with E-state index < -0.39 is 0 Å². The first kappa shape index (κ1) is 16.2. The molecule has 0 saturated heterocycles. The van der Waals surface area contributed by atoms with Gasteiger partial charge in [-0.2, -0.15) is 0 Å². The molecule has 0 aromatic heterocycles. The van der Waals surface area contributed by atoms with Gasteiger partial charge in [0.1, 0.15) is 0 Å². The minimum Gasteiger partial charge on any atom is -0.377 e. The Hall–Kier alpha value is -0.900. The molecule has 0 spiro atoms. The molecule has 0 bridgehead atoms. The van der Waals surface area contributed by atoms with Gasteiger partial charge in [-0.3, -0.25) is 0 Å². The summed E-state index contributed by atoms with van der Waals surface area (Å²) in [4.78, 5) is 0. The summed E-state index contributed by atoms with van der Waals surface area (Å²) in [5, 5.41) is 6.94. The highest BCUT2D eigenvalue weighted by atomic mass is 16.5. The molecule has 2 N–H and O–H groups in total. The first-order valence-electron chi connectivity index (χ1n) is 7.13. The van der Waals surface area contributed by atoms with Crippen molar-refractivity contribution in [3.8, 4) is 0 Å². The Kier molecular flexibility index (Phi) is 7.06. The van der Waals surface area contributed by atoms with Crippen LogP contribution in [0.15, 0.2) is 24.3 Å². The lowest BCUT2D eigenvalue weighted by atomic mass is 10.1. The van der Waals surface area contributed by atoms with Crippen molar-refractivity contribution in [2.75, 3.05) is 19.7 Å². The first-order chi connectivity index (χ1) is 9.03. The standard InChI is InChI=1S/C16H28N2O/c1-5-19-13-15-9-7-6-8-14(15)12-17-10-11-18-16(2,3)4/h6-9,17-18H,5,10-13H2,1-4H3. The molecule has 0 aliphatic heterocycles. The van der Waals surface area contributed by atoms with Crippen LogP contribution in [0.25, 0.3) is 0 Å². The molecule has 1 aromatic carbocycles. The van der Waals surface area contributed by atoms with Gasteiger partial charge in [0.05, 0.1) is 6.61 Å². The minimum absolute atomic E-state index is 0.189. The van der Waals surface area contributed by atoms with Gasteiger partial charge in [0, 0.05) is 31.8 Å². The van der Waals surface area contributed by atoms with Gasteiger partial charge in [-0.1, -0.05) is 24.3 Å². The van der Waals surface area contributed by atoms with Crippen LogP contribution in [-0.2, 0) is 17.9 Å². The van der Waals surface area contributed by atoms with Crippen molar-refractivity contribution in [2.45, 2.75) is 46.4 Å². The van der Waals surface area contributed by atoms with E-state index in [0.29, 0.717) is 6.61 Å². The summed E-state index contributed by atoms with van der Waals surface area (Å²) >= 11 is 0. The summed E-state index contributed by atoms with van der Waals surface area (Å²) in [6, 6.07) is 8.46. The molecule has 0 amide bonds. The van der Waals surface area contributed by atoms with Crippen LogP contribution >= 0.6 is 0 Å². The third kappa shape index (κ3) is 7.31. The van der Waals surface area contributed by atoms with Crippen molar-refractivity contribution >= 4 is 0 Å². The lowest BCUT2D eigenvalue weighted by molar-refractivity contribution is 0.133. The maximum absolute atomic E-state index is 5.49. The molecule has 0 radical (unpaired) electrons. The average molecular weight is 264 g/mol. The SMILES string of the molecule is CCOCc1ccccc1CNCCNC(C)(C)C. The largest absolute Gasteiger partial charge is 0.377 e. The molecule has 0 unspecified atom stereocenters. The lowest BCUT2D eigenvalue weighted by Gasteiger charge is -2.20. The summed E-state index contributed by atoms with van der Waals surface area (Å²) in [5.74, 6) is 0. The molecule has 3 heteroatoms.